The lowest BCUT2D eigenvalue weighted by atomic mass is 10.2. The van der Waals surface area contributed by atoms with Crippen LogP contribution in [0.5, 0.6) is 0 Å². The molecule has 0 saturated carbocycles. The fourth-order valence-corrected chi connectivity index (χ4v) is 2.21. The highest BCUT2D eigenvalue weighted by Crippen LogP contribution is 2.21. The highest BCUT2D eigenvalue weighted by atomic mass is 35.5. The molecule has 0 spiro atoms. The van der Waals surface area contributed by atoms with Crippen LogP contribution in [-0.4, -0.2) is 23.0 Å². The molecule has 0 aliphatic rings. The van der Waals surface area contributed by atoms with Gasteiger partial charge >= 0.3 is 5.97 Å². The SMILES string of the molecule is COC(=O)c1ccc(CSc2ccc(Cl)cn2)nc1. The summed E-state index contributed by atoms with van der Waals surface area (Å²) >= 11 is 7.32. The first-order chi connectivity index (χ1) is 9.19. The Bertz CT molecular complexity index is 558. The van der Waals surface area contributed by atoms with Gasteiger partial charge in [0.2, 0.25) is 0 Å². The zero-order chi connectivity index (χ0) is 13.7. The van der Waals surface area contributed by atoms with Gasteiger partial charge in [0.25, 0.3) is 0 Å². The van der Waals surface area contributed by atoms with Gasteiger partial charge in [-0.1, -0.05) is 11.6 Å². The van der Waals surface area contributed by atoms with Crippen LogP contribution in [0.3, 0.4) is 0 Å². The van der Waals surface area contributed by atoms with E-state index in [2.05, 4.69) is 14.7 Å². The number of hydrogen-bond donors (Lipinski definition) is 0. The Balaban J connectivity index is 1.96. The summed E-state index contributed by atoms with van der Waals surface area (Å²) in [4.78, 5) is 19.6. The zero-order valence-electron chi connectivity index (χ0n) is 10.2. The molecule has 0 aliphatic heterocycles. The molecule has 0 unspecified atom stereocenters. The molecule has 2 aromatic rings. The second kappa shape index (κ2) is 6.54. The van der Waals surface area contributed by atoms with E-state index < -0.39 is 0 Å². The molecule has 19 heavy (non-hydrogen) atoms. The van der Waals surface area contributed by atoms with E-state index in [1.54, 1.807) is 36.2 Å². The summed E-state index contributed by atoms with van der Waals surface area (Å²) in [5.41, 5.74) is 1.32. The Kier molecular flexibility index (Phi) is 4.76. The van der Waals surface area contributed by atoms with E-state index in [-0.39, 0.29) is 5.97 Å². The number of thioether (sulfide) groups is 1. The Morgan fingerprint density at radius 1 is 1.26 bits per heavy atom. The first-order valence-corrected chi connectivity index (χ1v) is 6.83. The third-order valence-electron chi connectivity index (χ3n) is 2.31. The van der Waals surface area contributed by atoms with E-state index in [0.29, 0.717) is 16.3 Å². The van der Waals surface area contributed by atoms with Crippen molar-refractivity contribution in [2.75, 3.05) is 7.11 Å². The summed E-state index contributed by atoms with van der Waals surface area (Å²) in [6.07, 6.45) is 3.12. The van der Waals surface area contributed by atoms with E-state index in [1.165, 1.54) is 13.3 Å². The zero-order valence-corrected chi connectivity index (χ0v) is 11.7. The second-order valence-corrected chi connectivity index (χ2v) is 5.07. The number of hydrogen-bond acceptors (Lipinski definition) is 5. The van der Waals surface area contributed by atoms with Crippen LogP contribution in [0.2, 0.25) is 5.02 Å². The Morgan fingerprint density at radius 3 is 2.68 bits per heavy atom. The maximum atomic E-state index is 11.2. The van der Waals surface area contributed by atoms with Crippen molar-refractivity contribution >= 4 is 29.3 Å². The van der Waals surface area contributed by atoms with E-state index in [0.717, 1.165) is 10.7 Å². The monoisotopic (exact) mass is 294 g/mol. The highest BCUT2D eigenvalue weighted by Gasteiger charge is 2.05. The molecule has 0 N–H and O–H groups in total. The van der Waals surface area contributed by atoms with Crippen molar-refractivity contribution in [2.45, 2.75) is 10.8 Å². The second-order valence-electron chi connectivity index (χ2n) is 3.63. The van der Waals surface area contributed by atoms with Gasteiger partial charge in [-0.2, -0.15) is 0 Å². The minimum absolute atomic E-state index is 0.383. The number of ether oxygens (including phenoxy) is 1. The first-order valence-electron chi connectivity index (χ1n) is 5.46. The topological polar surface area (TPSA) is 52.1 Å². The summed E-state index contributed by atoms with van der Waals surface area (Å²) in [6, 6.07) is 7.15. The minimum Gasteiger partial charge on any atom is -0.465 e. The number of rotatable bonds is 4. The van der Waals surface area contributed by atoms with Crippen LogP contribution in [0.1, 0.15) is 16.1 Å². The molecule has 0 aromatic carbocycles. The van der Waals surface area contributed by atoms with Crippen LogP contribution >= 0.6 is 23.4 Å². The number of carbonyl (C=O) groups excluding carboxylic acids is 1. The van der Waals surface area contributed by atoms with Gasteiger partial charge in [-0.05, 0) is 24.3 Å². The number of methoxy groups -OCH3 is 1. The van der Waals surface area contributed by atoms with Gasteiger partial charge in [-0.15, -0.1) is 11.8 Å². The van der Waals surface area contributed by atoms with Gasteiger partial charge in [0.1, 0.15) is 0 Å². The molecule has 2 aromatic heterocycles. The fraction of sp³-hybridized carbons (Fsp3) is 0.154. The lowest BCUT2D eigenvalue weighted by Crippen LogP contribution is -2.02. The van der Waals surface area contributed by atoms with Gasteiger partial charge in [-0.25, -0.2) is 9.78 Å². The van der Waals surface area contributed by atoms with Gasteiger partial charge < -0.3 is 4.74 Å². The van der Waals surface area contributed by atoms with Crippen LogP contribution in [0.25, 0.3) is 0 Å². The third-order valence-corrected chi connectivity index (χ3v) is 3.51. The molecule has 0 atom stereocenters. The van der Waals surface area contributed by atoms with Gasteiger partial charge in [0, 0.05) is 18.1 Å². The number of carbonyl (C=O) groups is 1. The van der Waals surface area contributed by atoms with Crippen LogP contribution in [0.15, 0.2) is 41.7 Å². The largest absolute Gasteiger partial charge is 0.465 e. The molecule has 0 bridgehead atoms. The van der Waals surface area contributed by atoms with Crippen LogP contribution in [0.4, 0.5) is 0 Å². The predicted octanol–water partition coefficient (Wildman–Crippen LogP) is 3.21. The summed E-state index contributed by atoms with van der Waals surface area (Å²) < 4.78 is 4.61. The van der Waals surface area contributed by atoms with E-state index in [9.17, 15) is 4.79 Å². The average molecular weight is 295 g/mol. The van der Waals surface area contributed by atoms with Crippen molar-refractivity contribution < 1.29 is 9.53 Å². The number of pyridine rings is 2. The molecule has 98 valence electrons. The van der Waals surface area contributed by atoms with Gasteiger partial charge in [-0.3, -0.25) is 4.98 Å². The van der Waals surface area contributed by atoms with Crippen LogP contribution in [0, 0.1) is 0 Å². The minimum atomic E-state index is -0.383. The molecule has 0 saturated heterocycles. The van der Waals surface area contributed by atoms with E-state index >= 15 is 0 Å². The van der Waals surface area contributed by atoms with E-state index in [1.807, 2.05) is 6.07 Å². The summed E-state index contributed by atoms with van der Waals surface area (Å²) in [5.74, 6) is 0.293. The van der Waals surface area contributed by atoms with Crippen LogP contribution in [-0.2, 0) is 10.5 Å². The molecule has 0 radical (unpaired) electrons. The average Bonchev–Trinajstić information content (AvgIpc) is 2.46. The van der Waals surface area contributed by atoms with Crippen LogP contribution < -0.4 is 0 Å². The molecule has 4 nitrogen and oxygen atoms in total. The van der Waals surface area contributed by atoms with Crippen molar-refractivity contribution in [3.05, 3.63) is 52.9 Å². The molecule has 2 rings (SSSR count). The number of aromatic nitrogens is 2. The quantitative estimate of drug-likeness (QED) is 0.640. The van der Waals surface area contributed by atoms with Crippen molar-refractivity contribution in [1.82, 2.24) is 9.97 Å². The van der Waals surface area contributed by atoms with Gasteiger partial charge in [0.15, 0.2) is 0 Å². The standard InChI is InChI=1S/C13H11ClN2O2S/c1-18-13(17)9-2-4-11(15-6-9)8-19-12-5-3-10(14)7-16-12/h2-7H,8H2,1H3. The number of nitrogens with zero attached hydrogens (tertiary/aromatic N) is 2. The molecule has 2 heterocycles. The lowest BCUT2D eigenvalue weighted by molar-refractivity contribution is 0.0600. The Hall–Kier alpha value is -1.59. The maximum absolute atomic E-state index is 11.2. The molecule has 0 aliphatic carbocycles. The summed E-state index contributed by atoms with van der Waals surface area (Å²) in [7, 11) is 1.35. The third kappa shape index (κ3) is 3.94. The molecular weight excluding hydrogens is 284 g/mol. The predicted molar refractivity (Wildman–Crippen MR) is 74.4 cm³/mol. The maximum Gasteiger partial charge on any atom is 0.339 e. The molecule has 0 amide bonds. The van der Waals surface area contributed by atoms with Gasteiger partial charge in [0.05, 0.1) is 28.4 Å². The molecule has 6 heteroatoms. The smallest absolute Gasteiger partial charge is 0.339 e. The van der Waals surface area contributed by atoms with Crippen molar-refractivity contribution in [2.24, 2.45) is 0 Å². The summed E-state index contributed by atoms with van der Waals surface area (Å²) in [5, 5.41) is 1.49. The normalized spacial score (nSPS) is 10.2. The van der Waals surface area contributed by atoms with Crippen molar-refractivity contribution in [1.29, 1.82) is 0 Å². The highest BCUT2D eigenvalue weighted by molar-refractivity contribution is 7.98. The number of halogens is 1. The fourth-order valence-electron chi connectivity index (χ4n) is 1.34. The lowest BCUT2D eigenvalue weighted by Gasteiger charge is -2.02. The Labute approximate surface area is 120 Å². The van der Waals surface area contributed by atoms with Crippen molar-refractivity contribution in [3.63, 3.8) is 0 Å². The first kappa shape index (κ1) is 13.8. The Morgan fingerprint density at radius 2 is 2.11 bits per heavy atom. The molecule has 0 fully saturated rings. The van der Waals surface area contributed by atoms with Crippen molar-refractivity contribution in [3.8, 4) is 0 Å². The number of esters is 1. The van der Waals surface area contributed by atoms with E-state index in [4.69, 9.17) is 11.6 Å². The summed E-state index contributed by atoms with van der Waals surface area (Å²) in [6.45, 7) is 0. The molecular formula is C13H11ClN2O2S.